The number of nitrogens with zero attached hydrogens (tertiary/aromatic N) is 6. The van der Waals surface area contributed by atoms with Crippen molar-refractivity contribution < 1.29 is 0 Å². The first-order chi connectivity index (χ1) is 19.0. The van der Waals surface area contributed by atoms with Crippen molar-refractivity contribution in [1.29, 1.82) is 0 Å². The molecule has 4 aromatic rings. The van der Waals surface area contributed by atoms with Crippen molar-refractivity contribution in [3.05, 3.63) is 88.9 Å². The van der Waals surface area contributed by atoms with Crippen LogP contribution in [0.5, 0.6) is 0 Å². The molecule has 4 heterocycles. The molecule has 0 spiro atoms. The zero-order valence-electron chi connectivity index (χ0n) is 22.3. The molecule has 0 bridgehead atoms. The van der Waals surface area contributed by atoms with E-state index in [1.54, 1.807) is 23.2 Å². The third kappa shape index (κ3) is 5.24. The Morgan fingerprint density at radius 1 is 1.08 bits per heavy atom. The predicted molar refractivity (Wildman–Crippen MR) is 159 cm³/mol. The van der Waals surface area contributed by atoms with Gasteiger partial charge in [0, 0.05) is 70.9 Å². The summed E-state index contributed by atoms with van der Waals surface area (Å²) in [5, 5.41) is 4.58. The zero-order valence-corrected chi connectivity index (χ0v) is 23.2. The van der Waals surface area contributed by atoms with Gasteiger partial charge in [0.25, 0.3) is 5.56 Å². The van der Waals surface area contributed by atoms with E-state index in [1.807, 2.05) is 37.8 Å². The molecule has 2 aliphatic rings. The van der Waals surface area contributed by atoms with Crippen LogP contribution in [0.4, 0.5) is 11.6 Å². The molecule has 6 rings (SSSR count). The maximum Gasteiger partial charge on any atom is 0.260 e. The van der Waals surface area contributed by atoms with E-state index in [4.69, 9.17) is 4.98 Å². The number of allylic oxidation sites excluding steroid dienone is 4. The van der Waals surface area contributed by atoms with Crippen molar-refractivity contribution in [2.45, 2.75) is 31.6 Å². The van der Waals surface area contributed by atoms with Crippen LogP contribution in [0, 0.1) is 0 Å². The van der Waals surface area contributed by atoms with Crippen molar-refractivity contribution in [2.75, 3.05) is 31.2 Å². The third-order valence-electron chi connectivity index (χ3n) is 7.09. The number of pyridine rings is 1. The maximum absolute atomic E-state index is 13.6. The molecule has 39 heavy (non-hydrogen) atoms. The van der Waals surface area contributed by atoms with Gasteiger partial charge in [-0.15, -0.1) is 0 Å². The van der Waals surface area contributed by atoms with Crippen LogP contribution in [-0.2, 0) is 0 Å². The first kappa shape index (κ1) is 25.5. The molecule has 9 heteroatoms. The van der Waals surface area contributed by atoms with Crippen molar-refractivity contribution >= 4 is 40.0 Å². The van der Waals surface area contributed by atoms with Crippen LogP contribution < -0.4 is 10.9 Å². The molecule has 1 N–H and O–H groups in total. The summed E-state index contributed by atoms with van der Waals surface area (Å²) < 4.78 is 1.72. The molecule has 198 valence electrons. The second-order valence-electron chi connectivity index (χ2n) is 10.3. The van der Waals surface area contributed by atoms with E-state index in [1.165, 1.54) is 5.56 Å². The minimum atomic E-state index is -0.127. The SMILES string of the molecule is CC(C)n1c(=O)c(-c2cnc(C3=CCC=C3)nc2)cc2cnc(Nc3ccc(C4CN(C)CCS4)cc3)nc21. The molecule has 1 aliphatic carbocycles. The summed E-state index contributed by atoms with van der Waals surface area (Å²) in [6.07, 6.45) is 12.3. The average molecular weight is 538 g/mol. The Hall–Kier alpha value is -3.82. The largest absolute Gasteiger partial charge is 0.324 e. The van der Waals surface area contributed by atoms with Gasteiger partial charge in [0.15, 0.2) is 5.82 Å². The topological polar surface area (TPSA) is 88.8 Å². The van der Waals surface area contributed by atoms with E-state index in [9.17, 15) is 4.79 Å². The van der Waals surface area contributed by atoms with Crippen LogP contribution in [0.15, 0.2) is 71.9 Å². The third-order valence-corrected chi connectivity index (χ3v) is 8.33. The molecule has 0 radical (unpaired) electrons. The fraction of sp³-hybridized carbons (Fsp3) is 0.300. The van der Waals surface area contributed by atoms with Crippen LogP contribution in [0.1, 0.15) is 42.9 Å². The van der Waals surface area contributed by atoms with Crippen molar-refractivity contribution in [3.63, 3.8) is 0 Å². The van der Waals surface area contributed by atoms with Gasteiger partial charge in [-0.05, 0) is 51.1 Å². The Balaban J connectivity index is 1.29. The van der Waals surface area contributed by atoms with E-state index in [0.29, 0.717) is 33.8 Å². The first-order valence-corrected chi connectivity index (χ1v) is 14.3. The second kappa shape index (κ2) is 10.7. The van der Waals surface area contributed by atoms with E-state index >= 15 is 0 Å². The quantitative estimate of drug-likeness (QED) is 0.338. The van der Waals surface area contributed by atoms with Crippen molar-refractivity contribution in [3.8, 4) is 11.1 Å². The number of fused-ring (bicyclic) bond motifs is 1. The molecule has 1 fully saturated rings. The minimum Gasteiger partial charge on any atom is -0.324 e. The number of anilines is 2. The molecule has 1 aliphatic heterocycles. The molecule has 3 aromatic heterocycles. The summed E-state index contributed by atoms with van der Waals surface area (Å²) in [4.78, 5) is 34.4. The Labute approximate surface area is 231 Å². The molecule has 1 aromatic carbocycles. The molecule has 1 unspecified atom stereocenters. The predicted octanol–water partition coefficient (Wildman–Crippen LogP) is 5.64. The number of benzene rings is 1. The minimum absolute atomic E-state index is 0.0953. The Bertz CT molecular complexity index is 1620. The fourth-order valence-corrected chi connectivity index (χ4v) is 6.41. The molecule has 0 amide bonds. The Morgan fingerprint density at radius 2 is 1.87 bits per heavy atom. The zero-order chi connectivity index (χ0) is 26.9. The lowest BCUT2D eigenvalue weighted by molar-refractivity contribution is 0.347. The van der Waals surface area contributed by atoms with E-state index in [0.717, 1.165) is 41.9 Å². The van der Waals surface area contributed by atoms with Gasteiger partial charge in [-0.1, -0.05) is 30.4 Å². The summed E-state index contributed by atoms with van der Waals surface area (Å²) in [5.41, 5.74) is 4.91. The highest BCUT2D eigenvalue weighted by Gasteiger charge is 2.20. The van der Waals surface area contributed by atoms with Crippen LogP contribution in [0.25, 0.3) is 27.7 Å². The Kier molecular flexibility index (Phi) is 7.01. The maximum atomic E-state index is 13.6. The Morgan fingerprint density at radius 3 is 2.56 bits per heavy atom. The summed E-state index contributed by atoms with van der Waals surface area (Å²) in [6.45, 7) is 6.17. The van der Waals surface area contributed by atoms with Crippen LogP contribution in [0.2, 0.25) is 0 Å². The highest BCUT2D eigenvalue weighted by atomic mass is 32.2. The van der Waals surface area contributed by atoms with Crippen LogP contribution in [-0.4, -0.2) is 55.3 Å². The normalized spacial score (nSPS) is 17.6. The number of thioether (sulfide) groups is 1. The number of hydrogen-bond donors (Lipinski definition) is 1. The average Bonchev–Trinajstić information content (AvgIpc) is 3.48. The first-order valence-electron chi connectivity index (χ1n) is 13.2. The lowest BCUT2D eigenvalue weighted by atomic mass is 10.1. The molecule has 1 saturated heterocycles. The van der Waals surface area contributed by atoms with E-state index in [-0.39, 0.29) is 11.6 Å². The molecular formula is C30H31N7OS. The highest BCUT2D eigenvalue weighted by Crippen LogP contribution is 2.33. The number of aromatic nitrogens is 5. The van der Waals surface area contributed by atoms with Gasteiger partial charge in [0.2, 0.25) is 5.95 Å². The van der Waals surface area contributed by atoms with Gasteiger partial charge in [-0.2, -0.15) is 16.7 Å². The monoisotopic (exact) mass is 537 g/mol. The summed E-state index contributed by atoms with van der Waals surface area (Å²) in [7, 11) is 2.18. The van der Waals surface area contributed by atoms with Gasteiger partial charge in [0.05, 0.1) is 5.56 Å². The van der Waals surface area contributed by atoms with Crippen LogP contribution in [0.3, 0.4) is 0 Å². The van der Waals surface area contributed by atoms with Crippen LogP contribution >= 0.6 is 11.8 Å². The number of hydrogen-bond acceptors (Lipinski definition) is 8. The van der Waals surface area contributed by atoms with E-state index in [2.05, 4.69) is 68.6 Å². The van der Waals surface area contributed by atoms with Crippen molar-refractivity contribution in [2.24, 2.45) is 0 Å². The molecular weight excluding hydrogens is 506 g/mol. The number of nitrogens with one attached hydrogen (secondary N) is 1. The molecule has 8 nitrogen and oxygen atoms in total. The lowest BCUT2D eigenvalue weighted by Crippen LogP contribution is -2.30. The molecule has 0 saturated carbocycles. The van der Waals surface area contributed by atoms with Gasteiger partial charge in [-0.3, -0.25) is 9.36 Å². The van der Waals surface area contributed by atoms with Crippen molar-refractivity contribution in [1.82, 2.24) is 29.4 Å². The van der Waals surface area contributed by atoms with E-state index < -0.39 is 0 Å². The fourth-order valence-electron chi connectivity index (χ4n) is 5.00. The van der Waals surface area contributed by atoms with Gasteiger partial charge >= 0.3 is 0 Å². The number of rotatable bonds is 6. The van der Waals surface area contributed by atoms with Gasteiger partial charge in [-0.25, -0.2) is 15.0 Å². The molecule has 1 atom stereocenters. The standard InChI is InChI=1S/C30H31N7OS/c1-19(2)37-28-22(14-25(29(37)38)23-16-31-27(32-17-23)21-6-4-5-7-21)15-33-30(35-28)34-24-10-8-20(9-11-24)26-18-36(3)12-13-39-26/h4,6-11,14-17,19,26H,5,12-13,18H2,1-3H3,(H,33,34,35). The summed E-state index contributed by atoms with van der Waals surface area (Å²) >= 11 is 2.01. The number of likely N-dealkylation sites (N-methyl/N-ethyl adjacent to an activating group) is 1. The van der Waals surface area contributed by atoms with Gasteiger partial charge in [0.1, 0.15) is 5.65 Å². The smallest absolute Gasteiger partial charge is 0.260 e. The summed E-state index contributed by atoms with van der Waals surface area (Å²) in [6, 6.07) is 10.2. The lowest BCUT2D eigenvalue weighted by Gasteiger charge is -2.29. The summed E-state index contributed by atoms with van der Waals surface area (Å²) in [5.74, 6) is 2.27. The van der Waals surface area contributed by atoms with Gasteiger partial charge < -0.3 is 10.2 Å². The highest BCUT2D eigenvalue weighted by molar-refractivity contribution is 7.99. The second-order valence-corrected chi connectivity index (χ2v) is 11.6.